The number of amides is 2. The molecule has 1 aliphatic heterocycles. The van der Waals surface area contributed by atoms with Crippen molar-refractivity contribution in [3.63, 3.8) is 0 Å². The number of aromatic amines is 1. The number of H-pyrrole nitrogens is 1. The first-order valence-electron chi connectivity index (χ1n) is 8.70. The molecule has 4 rings (SSSR count). The Morgan fingerprint density at radius 1 is 1.22 bits per heavy atom. The zero-order chi connectivity index (χ0) is 18.8. The monoisotopic (exact) mass is 381 g/mol. The number of hydrogen-bond acceptors (Lipinski definition) is 5. The average Bonchev–Trinajstić information content (AvgIpc) is 3.42. The molecule has 1 aliphatic rings. The van der Waals surface area contributed by atoms with Crippen LogP contribution in [-0.4, -0.2) is 44.5 Å². The molecule has 2 amide bonds. The van der Waals surface area contributed by atoms with Gasteiger partial charge in [-0.15, -0.1) is 0 Å². The number of rotatable bonds is 4. The van der Waals surface area contributed by atoms with E-state index in [9.17, 15) is 9.59 Å². The second-order valence-corrected chi connectivity index (χ2v) is 7.32. The summed E-state index contributed by atoms with van der Waals surface area (Å²) in [6, 6.07) is 10.4. The Labute approximate surface area is 160 Å². The zero-order valence-electron chi connectivity index (χ0n) is 14.8. The lowest BCUT2D eigenvalue weighted by Gasteiger charge is -2.21. The summed E-state index contributed by atoms with van der Waals surface area (Å²) in [4.78, 5) is 31.6. The SMILES string of the molecule is Cc1nc([C@@H]2C[C@H](NC(=O)c3ccccc3)CN2C(=O)c2ccsc2)n[nH]1. The highest BCUT2D eigenvalue weighted by atomic mass is 32.1. The molecule has 2 N–H and O–H groups in total. The quantitative estimate of drug-likeness (QED) is 0.727. The number of aryl methyl sites for hydroxylation is 1. The van der Waals surface area contributed by atoms with Crippen LogP contribution in [0.15, 0.2) is 47.2 Å². The Kier molecular flexibility index (Phi) is 4.72. The maximum absolute atomic E-state index is 13.0. The van der Waals surface area contributed by atoms with Gasteiger partial charge in [0, 0.05) is 23.5 Å². The minimum atomic E-state index is -0.275. The number of benzene rings is 1. The Hall–Kier alpha value is -3.00. The number of carbonyl (C=O) groups is 2. The topological polar surface area (TPSA) is 91.0 Å². The summed E-state index contributed by atoms with van der Waals surface area (Å²) in [6.45, 7) is 2.25. The van der Waals surface area contributed by atoms with E-state index in [2.05, 4.69) is 20.5 Å². The molecule has 0 unspecified atom stereocenters. The van der Waals surface area contributed by atoms with E-state index in [-0.39, 0.29) is 23.9 Å². The minimum Gasteiger partial charge on any atom is -0.347 e. The van der Waals surface area contributed by atoms with Crippen LogP contribution >= 0.6 is 11.3 Å². The second kappa shape index (κ2) is 7.32. The number of likely N-dealkylation sites (tertiary alicyclic amines) is 1. The molecule has 7 nitrogen and oxygen atoms in total. The molecule has 2 atom stereocenters. The van der Waals surface area contributed by atoms with Crippen molar-refractivity contribution in [2.45, 2.75) is 25.4 Å². The maximum atomic E-state index is 13.0. The third-order valence-corrected chi connectivity index (χ3v) is 5.30. The highest BCUT2D eigenvalue weighted by Gasteiger charge is 2.39. The number of nitrogens with one attached hydrogen (secondary N) is 2. The first kappa shape index (κ1) is 17.4. The summed E-state index contributed by atoms with van der Waals surface area (Å²) in [5.74, 6) is 1.06. The molecule has 1 fully saturated rings. The van der Waals surface area contributed by atoms with E-state index in [1.165, 1.54) is 11.3 Å². The van der Waals surface area contributed by atoms with Gasteiger partial charge in [-0.1, -0.05) is 18.2 Å². The minimum absolute atomic E-state index is 0.0693. The van der Waals surface area contributed by atoms with Crippen LogP contribution in [0.25, 0.3) is 0 Å². The van der Waals surface area contributed by atoms with Crippen molar-refractivity contribution >= 4 is 23.2 Å². The van der Waals surface area contributed by atoms with E-state index >= 15 is 0 Å². The molecule has 0 aliphatic carbocycles. The molecular formula is C19H19N5O2S. The molecule has 1 aromatic carbocycles. The highest BCUT2D eigenvalue weighted by molar-refractivity contribution is 7.08. The van der Waals surface area contributed by atoms with Crippen molar-refractivity contribution in [3.05, 3.63) is 69.9 Å². The van der Waals surface area contributed by atoms with Crippen molar-refractivity contribution in [2.75, 3.05) is 6.54 Å². The van der Waals surface area contributed by atoms with Crippen LogP contribution in [0.4, 0.5) is 0 Å². The Bertz CT molecular complexity index is 938. The lowest BCUT2D eigenvalue weighted by Crippen LogP contribution is -2.38. The smallest absolute Gasteiger partial charge is 0.255 e. The van der Waals surface area contributed by atoms with Gasteiger partial charge >= 0.3 is 0 Å². The maximum Gasteiger partial charge on any atom is 0.255 e. The van der Waals surface area contributed by atoms with Gasteiger partial charge in [0.05, 0.1) is 11.6 Å². The molecule has 27 heavy (non-hydrogen) atoms. The van der Waals surface area contributed by atoms with Gasteiger partial charge in [0.15, 0.2) is 5.82 Å². The molecule has 138 valence electrons. The van der Waals surface area contributed by atoms with E-state index in [0.29, 0.717) is 35.7 Å². The van der Waals surface area contributed by atoms with E-state index in [1.807, 2.05) is 41.9 Å². The van der Waals surface area contributed by atoms with Gasteiger partial charge in [-0.3, -0.25) is 14.7 Å². The third-order valence-electron chi connectivity index (χ3n) is 4.61. The molecule has 3 aromatic rings. The van der Waals surface area contributed by atoms with E-state index < -0.39 is 0 Å². The number of hydrogen-bond donors (Lipinski definition) is 2. The Morgan fingerprint density at radius 2 is 2.04 bits per heavy atom. The molecule has 1 saturated heterocycles. The van der Waals surface area contributed by atoms with Gasteiger partial charge in [0.1, 0.15) is 5.82 Å². The lowest BCUT2D eigenvalue weighted by atomic mass is 10.1. The van der Waals surface area contributed by atoms with Gasteiger partial charge in [-0.2, -0.15) is 16.4 Å². The number of aromatic nitrogens is 3. The molecule has 0 radical (unpaired) electrons. The van der Waals surface area contributed by atoms with Gasteiger partial charge in [-0.05, 0) is 36.9 Å². The summed E-state index contributed by atoms with van der Waals surface area (Å²) in [5, 5.41) is 13.8. The van der Waals surface area contributed by atoms with Crippen LogP contribution in [-0.2, 0) is 0 Å². The predicted molar refractivity (Wildman–Crippen MR) is 102 cm³/mol. The molecule has 2 aromatic heterocycles. The summed E-state index contributed by atoms with van der Waals surface area (Å²) < 4.78 is 0. The van der Waals surface area contributed by atoms with E-state index in [4.69, 9.17) is 0 Å². The Morgan fingerprint density at radius 3 is 2.70 bits per heavy atom. The van der Waals surface area contributed by atoms with Crippen LogP contribution in [0.5, 0.6) is 0 Å². The van der Waals surface area contributed by atoms with Crippen molar-refractivity contribution in [1.82, 2.24) is 25.4 Å². The summed E-state index contributed by atoms with van der Waals surface area (Å²) in [5.41, 5.74) is 1.25. The average molecular weight is 381 g/mol. The fourth-order valence-corrected chi connectivity index (χ4v) is 3.96. The molecule has 3 heterocycles. The fourth-order valence-electron chi connectivity index (χ4n) is 3.33. The van der Waals surface area contributed by atoms with E-state index in [0.717, 1.165) is 0 Å². The van der Waals surface area contributed by atoms with Crippen LogP contribution < -0.4 is 5.32 Å². The van der Waals surface area contributed by atoms with Gasteiger partial charge in [-0.25, -0.2) is 4.98 Å². The van der Waals surface area contributed by atoms with Crippen molar-refractivity contribution in [1.29, 1.82) is 0 Å². The van der Waals surface area contributed by atoms with Gasteiger partial charge in [0.25, 0.3) is 11.8 Å². The largest absolute Gasteiger partial charge is 0.347 e. The predicted octanol–water partition coefficient (Wildman–Crippen LogP) is 2.56. The normalized spacial score (nSPS) is 19.2. The van der Waals surface area contributed by atoms with Crippen molar-refractivity contribution < 1.29 is 9.59 Å². The standard InChI is InChI=1S/C19H19N5O2S/c1-12-20-17(23-22-12)16-9-15(21-18(25)13-5-3-2-4-6-13)10-24(16)19(26)14-7-8-27-11-14/h2-8,11,15-16H,9-10H2,1H3,(H,21,25)(H,20,22,23)/t15-,16-/m0/s1. The molecule has 8 heteroatoms. The lowest BCUT2D eigenvalue weighted by molar-refractivity contribution is 0.0725. The van der Waals surface area contributed by atoms with Crippen LogP contribution in [0.1, 0.15) is 44.8 Å². The molecule has 0 saturated carbocycles. The van der Waals surface area contributed by atoms with Crippen molar-refractivity contribution in [2.24, 2.45) is 0 Å². The van der Waals surface area contributed by atoms with Gasteiger partial charge < -0.3 is 10.2 Å². The third kappa shape index (κ3) is 3.61. The van der Waals surface area contributed by atoms with E-state index in [1.54, 1.807) is 17.0 Å². The molecule has 0 bridgehead atoms. The number of nitrogens with zero attached hydrogens (tertiary/aromatic N) is 3. The van der Waals surface area contributed by atoms with Crippen LogP contribution in [0, 0.1) is 6.92 Å². The summed E-state index contributed by atoms with van der Waals surface area (Å²) in [7, 11) is 0. The summed E-state index contributed by atoms with van der Waals surface area (Å²) >= 11 is 1.48. The van der Waals surface area contributed by atoms with Crippen LogP contribution in [0.2, 0.25) is 0 Å². The summed E-state index contributed by atoms with van der Waals surface area (Å²) in [6.07, 6.45) is 0.575. The second-order valence-electron chi connectivity index (χ2n) is 6.54. The first-order chi connectivity index (χ1) is 13.1. The molecular weight excluding hydrogens is 362 g/mol. The highest BCUT2D eigenvalue weighted by Crippen LogP contribution is 2.32. The number of thiophene rings is 1. The Balaban J connectivity index is 1.55. The number of carbonyl (C=O) groups excluding carboxylic acids is 2. The fraction of sp³-hybridized carbons (Fsp3) is 0.263. The van der Waals surface area contributed by atoms with Gasteiger partial charge in [0.2, 0.25) is 0 Å². The molecule has 0 spiro atoms. The first-order valence-corrected chi connectivity index (χ1v) is 9.64. The zero-order valence-corrected chi connectivity index (χ0v) is 15.6. The van der Waals surface area contributed by atoms with Crippen LogP contribution in [0.3, 0.4) is 0 Å². The van der Waals surface area contributed by atoms with Crippen molar-refractivity contribution in [3.8, 4) is 0 Å².